The number of nitrogens with zero attached hydrogens (tertiary/aromatic N) is 3. The molecule has 1 amide bonds. The standard InChI is InChI=1S/C24H30N6O4S/c1-14-25-22-18(13-21(28-23(22)26-14)29-24(31)15-7-8-15)27-17-10-9-16(20-6-4-5-11-34-20)12-19(17)30(2)35(3,32)33/h9-10,12-13,15,20H,4-8,11H2,1-3H3,(H3,25,26,27,28,29,31). The molecule has 10 nitrogen and oxygen atoms in total. The van der Waals surface area contributed by atoms with Gasteiger partial charge in [-0.05, 0) is 56.7 Å². The van der Waals surface area contributed by atoms with E-state index in [2.05, 4.69) is 25.6 Å². The number of anilines is 4. The molecule has 1 saturated carbocycles. The number of pyridine rings is 1. The van der Waals surface area contributed by atoms with Gasteiger partial charge in [-0.15, -0.1) is 0 Å². The number of H-pyrrole nitrogens is 1. The highest BCUT2D eigenvalue weighted by Crippen LogP contribution is 2.37. The number of benzene rings is 1. The Bertz CT molecular complexity index is 1380. The number of aromatic amines is 1. The van der Waals surface area contributed by atoms with Gasteiger partial charge in [0.2, 0.25) is 15.9 Å². The first kappa shape index (κ1) is 23.6. The van der Waals surface area contributed by atoms with Crippen molar-refractivity contribution in [3.8, 4) is 0 Å². The summed E-state index contributed by atoms with van der Waals surface area (Å²) in [6.07, 6.45) is 5.90. The summed E-state index contributed by atoms with van der Waals surface area (Å²) in [7, 11) is -1.99. The van der Waals surface area contributed by atoms with Crippen LogP contribution in [-0.4, -0.2) is 49.2 Å². The minimum absolute atomic E-state index is 0.0389. The first-order valence-electron chi connectivity index (χ1n) is 11.8. The summed E-state index contributed by atoms with van der Waals surface area (Å²) < 4.78 is 32.1. The maximum absolute atomic E-state index is 12.5. The summed E-state index contributed by atoms with van der Waals surface area (Å²) in [4.78, 5) is 24.5. The number of aryl methyl sites for hydroxylation is 1. The Morgan fingerprint density at radius 3 is 2.63 bits per heavy atom. The molecule has 3 N–H and O–H groups in total. The highest BCUT2D eigenvalue weighted by atomic mass is 32.2. The summed E-state index contributed by atoms with van der Waals surface area (Å²) in [5.74, 6) is 1.08. The molecule has 3 aromatic rings. The number of amides is 1. The third-order valence-electron chi connectivity index (χ3n) is 6.45. The molecule has 35 heavy (non-hydrogen) atoms. The number of imidazole rings is 1. The Kier molecular flexibility index (Phi) is 6.14. The molecule has 186 valence electrons. The zero-order chi connectivity index (χ0) is 24.7. The first-order valence-corrected chi connectivity index (χ1v) is 13.7. The molecule has 1 saturated heterocycles. The Labute approximate surface area is 204 Å². The molecule has 1 atom stereocenters. The van der Waals surface area contributed by atoms with Crippen LogP contribution in [0.4, 0.5) is 22.9 Å². The molecular weight excluding hydrogens is 468 g/mol. The van der Waals surface area contributed by atoms with Gasteiger partial charge in [-0.1, -0.05) is 6.07 Å². The van der Waals surface area contributed by atoms with E-state index in [1.165, 1.54) is 17.6 Å². The van der Waals surface area contributed by atoms with Gasteiger partial charge in [0.05, 0.1) is 29.4 Å². The maximum Gasteiger partial charge on any atom is 0.232 e. The number of ether oxygens (including phenoxy) is 1. The van der Waals surface area contributed by atoms with Crippen LogP contribution in [0.2, 0.25) is 0 Å². The number of hydrogen-bond donors (Lipinski definition) is 3. The van der Waals surface area contributed by atoms with Crippen LogP contribution in [0.15, 0.2) is 24.3 Å². The molecule has 0 bridgehead atoms. The average Bonchev–Trinajstić information content (AvgIpc) is 3.60. The van der Waals surface area contributed by atoms with Gasteiger partial charge in [0, 0.05) is 25.6 Å². The zero-order valence-electron chi connectivity index (χ0n) is 20.1. The molecule has 1 aromatic carbocycles. The quantitative estimate of drug-likeness (QED) is 0.449. The first-order chi connectivity index (χ1) is 16.7. The molecule has 2 aromatic heterocycles. The van der Waals surface area contributed by atoms with Crippen LogP contribution >= 0.6 is 0 Å². The van der Waals surface area contributed by atoms with E-state index >= 15 is 0 Å². The number of aromatic nitrogens is 3. The van der Waals surface area contributed by atoms with Gasteiger partial charge in [-0.3, -0.25) is 9.10 Å². The number of rotatable bonds is 7. The molecule has 2 fully saturated rings. The molecule has 5 rings (SSSR count). The largest absolute Gasteiger partial charge is 0.374 e. The van der Waals surface area contributed by atoms with Crippen molar-refractivity contribution in [2.45, 2.75) is 45.1 Å². The molecule has 2 aliphatic rings. The molecule has 0 radical (unpaired) electrons. The Balaban J connectivity index is 1.55. The van der Waals surface area contributed by atoms with Crippen LogP contribution in [0, 0.1) is 12.8 Å². The molecule has 0 spiro atoms. The second-order valence-electron chi connectivity index (χ2n) is 9.33. The van der Waals surface area contributed by atoms with Gasteiger partial charge < -0.3 is 20.4 Å². The summed E-state index contributed by atoms with van der Waals surface area (Å²) in [6, 6.07) is 7.41. The number of hydrogen-bond acceptors (Lipinski definition) is 7. The smallest absolute Gasteiger partial charge is 0.232 e. The van der Waals surface area contributed by atoms with Crippen molar-refractivity contribution in [2.24, 2.45) is 5.92 Å². The van der Waals surface area contributed by atoms with Gasteiger partial charge in [0.15, 0.2) is 5.65 Å². The summed E-state index contributed by atoms with van der Waals surface area (Å²) in [5, 5.41) is 6.23. The highest BCUT2D eigenvalue weighted by Gasteiger charge is 2.30. The molecule has 1 aliphatic heterocycles. The number of fused-ring (bicyclic) bond motifs is 1. The minimum atomic E-state index is -3.52. The van der Waals surface area contributed by atoms with Crippen LogP contribution in [0.3, 0.4) is 0 Å². The summed E-state index contributed by atoms with van der Waals surface area (Å²) in [5.41, 5.74) is 3.76. The van der Waals surface area contributed by atoms with E-state index in [4.69, 9.17) is 4.74 Å². The number of carbonyl (C=O) groups is 1. The number of sulfonamides is 1. The predicted octanol–water partition coefficient (Wildman–Crippen LogP) is 4.00. The lowest BCUT2D eigenvalue weighted by molar-refractivity contribution is -0.117. The maximum atomic E-state index is 12.5. The zero-order valence-corrected chi connectivity index (χ0v) is 20.9. The lowest BCUT2D eigenvalue weighted by Crippen LogP contribution is -2.26. The third-order valence-corrected chi connectivity index (χ3v) is 7.64. The molecule has 1 aliphatic carbocycles. The fourth-order valence-electron chi connectivity index (χ4n) is 4.28. The van der Waals surface area contributed by atoms with Gasteiger partial charge in [-0.25, -0.2) is 18.4 Å². The fraction of sp³-hybridized carbons (Fsp3) is 0.458. The van der Waals surface area contributed by atoms with Crippen molar-refractivity contribution >= 4 is 50.0 Å². The Hall–Kier alpha value is -3.18. The van der Waals surface area contributed by atoms with E-state index in [-0.39, 0.29) is 17.9 Å². The predicted molar refractivity (Wildman–Crippen MR) is 135 cm³/mol. The fourth-order valence-corrected chi connectivity index (χ4v) is 4.79. The molecule has 1 unspecified atom stereocenters. The van der Waals surface area contributed by atoms with Gasteiger partial charge in [-0.2, -0.15) is 0 Å². The van der Waals surface area contributed by atoms with Crippen molar-refractivity contribution in [1.82, 2.24) is 15.0 Å². The summed E-state index contributed by atoms with van der Waals surface area (Å²) in [6.45, 7) is 2.53. The highest BCUT2D eigenvalue weighted by molar-refractivity contribution is 7.92. The van der Waals surface area contributed by atoms with Crippen molar-refractivity contribution in [2.75, 3.05) is 34.8 Å². The van der Waals surface area contributed by atoms with Crippen LogP contribution in [0.1, 0.15) is 49.6 Å². The van der Waals surface area contributed by atoms with Gasteiger partial charge in [0.1, 0.15) is 17.2 Å². The number of carbonyl (C=O) groups excluding carboxylic acids is 1. The van der Waals surface area contributed by atoms with E-state index in [1.807, 2.05) is 25.1 Å². The lowest BCUT2D eigenvalue weighted by Gasteiger charge is -2.26. The second kappa shape index (κ2) is 9.12. The van der Waals surface area contributed by atoms with E-state index in [1.54, 1.807) is 6.07 Å². The van der Waals surface area contributed by atoms with Crippen LogP contribution in [0.5, 0.6) is 0 Å². The van der Waals surface area contributed by atoms with Gasteiger partial charge in [0.25, 0.3) is 0 Å². The number of nitrogens with one attached hydrogen (secondary N) is 3. The average molecular weight is 499 g/mol. The minimum Gasteiger partial charge on any atom is -0.374 e. The third kappa shape index (κ3) is 5.10. The Morgan fingerprint density at radius 2 is 1.94 bits per heavy atom. The van der Waals surface area contributed by atoms with E-state index in [0.717, 1.165) is 37.7 Å². The molecule has 3 heterocycles. The molecule has 11 heteroatoms. The lowest BCUT2D eigenvalue weighted by atomic mass is 10.0. The van der Waals surface area contributed by atoms with Crippen molar-refractivity contribution in [1.29, 1.82) is 0 Å². The van der Waals surface area contributed by atoms with Crippen LogP contribution in [0.25, 0.3) is 11.2 Å². The van der Waals surface area contributed by atoms with Crippen molar-refractivity contribution < 1.29 is 17.9 Å². The monoisotopic (exact) mass is 498 g/mol. The van der Waals surface area contributed by atoms with Crippen molar-refractivity contribution in [3.05, 3.63) is 35.7 Å². The summed E-state index contributed by atoms with van der Waals surface area (Å²) >= 11 is 0. The molecular formula is C24H30N6O4S. The van der Waals surface area contributed by atoms with Crippen LogP contribution in [-0.2, 0) is 19.6 Å². The SMILES string of the molecule is Cc1nc2c(Nc3ccc(C4CCCCO4)cc3N(C)S(C)(=O)=O)cc(NC(=O)C3CC3)nc2[nH]1. The normalized spacial score (nSPS) is 18.4. The van der Waals surface area contributed by atoms with E-state index in [0.29, 0.717) is 46.5 Å². The van der Waals surface area contributed by atoms with E-state index < -0.39 is 10.0 Å². The Morgan fingerprint density at radius 1 is 1.14 bits per heavy atom. The van der Waals surface area contributed by atoms with E-state index in [9.17, 15) is 13.2 Å². The second-order valence-corrected chi connectivity index (χ2v) is 11.3. The van der Waals surface area contributed by atoms with Crippen LogP contribution < -0.4 is 14.9 Å². The van der Waals surface area contributed by atoms with Crippen molar-refractivity contribution in [3.63, 3.8) is 0 Å². The van der Waals surface area contributed by atoms with Gasteiger partial charge >= 0.3 is 0 Å². The topological polar surface area (TPSA) is 129 Å².